The van der Waals surface area contributed by atoms with Gasteiger partial charge < -0.3 is 14.4 Å². The molecule has 0 unspecified atom stereocenters. The number of hydrogen-bond acceptors (Lipinski definition) is 6. The summed E-state index contributed by atoms with van der Waals surface area (Å²) in [7, 11) is 0. The highest BCUT2D eigenvalue weighted by Crippen LogP contribution is 2.31. The number of alkyl halides is 4. The first-order chi connectivity index (χ1) is 14.3. The number of rotatable bonds is 7. The largest absolute Gasteiger partial charge is 0.471 e. The van der Waals surface area contributed by atoms with Gasteiger partial charge in [-0.15, -0.1) is 5.10 Å². The van der Waals surface area contributed by atoms with Gasteiger partial charge in [-0.05, 0) is 18.2 Å². The summed E-state index contributed by atoms with van der Waals surface area (Å²) in [6.07, 6.45) is 1.46. The van der Waals surface area contributed by atoms with Crippen molar-refractivity contribution in [2.75, 3.05) is 18.0 Å². The molecule has 1 aliphatic heterocycles. The number of ether oxygens (including phenoxy) is 2. The lowest BCUT2D eigenvalue weighted by atomic mass is 10.1. The Labute approximate surface area is 166 Å². The van der Waals surface area contributed by atoms with Crippen molar-refractivity contribution in [3.05, 3.63) is 54.1 Å². The summed E-state index contributed by atoms with van der Waals surface area (Å²) in [5.74, 6) is -3.67. The molecule has 0 amide bonds. The molecule has 3 aromatic rings. The molecule has 7 nitrogen and oxygen atoms in total. The lowest BCUT2D eigenvalue weighted by molar-refractivity contribution is -0.0522. The van der Waals surface area contributed by atoms with Crippen LogP contribution in [0.3, 0.4) is 0 Å². The average Bonchev–Trinajstić information content (AvgIpc) is 3.15. The summed E-state index contributed by atoms with van der Waals surface area (Å²) < 4.78 is 75.2. The zero-order chi connectivity index (χ0) is 21.3. The van der Waals surface area contributed by atoms with Crippen LogP contribution in [0.5, 0.6) is 11.6 Å². The summed E-state index contributed by atoms with van der Waals surface area (Å²) >= 11 is 0. The molecule has 4 rings (SSSR count). The molecule has 12 heteroatoms. The van der Waals surface area contributed by atoms with Crippen LogP contribution in [0.15, 0.2) is 42.6 Å². The van der Waals surface area contributed by atoms with Gasteiger partial charge in [0.2, 0.25) is 5.88 Å². The lowest BCUT2D eigenvalue weighted by Crippen LogP contribution is -2.56. The minimum atomic E-state index is -3.17. The Morgan fingerprint density at radius 1 is 1.13 bits per heavy atom. The number of anilines is 1. The summed E-state index contributed by atoms with van der Waals surface area (Å²) in [5, 5.41) is 7.73. The van der Waals surface area contributed by atoms with Crippen LogP contribution in [-0.4, -0.2) is 45.6 Å². The van der Waals surface area contributed by atoms with Gasteiger partial charge in [-0.1, -0.05) is 11.3 Å². The topological polar surface area (TPSA) is 65.3 Å². The molecule has 30 heavy (non-hydrogen) atoms. The van der Waals surface area contributed by atoms with E-state index in [4.69, 9.17) is 4.74 Å². The van der Waals surface area contributed by atoms with E-state index in [0.717, 1.165) is 12.1 Å². The van der Waals surface area contributed by atoms with E-state index < -0.39 is 37.2 Å². The summed E-state index contributed by atoms with van der Waals surface area (Å²) in [6.45, 7) is -3.99. The third-order valence-electron chi connectivity index (χ3n) is 4.18. The SMILES string of the molecule is Fc1ccc(-n2cc(COc3cccc(N4CC(F)(F)C4)n3)nn2)cc1OC(F)F. The van der Waals surface area contributed by atoms with Crippen LogP contribution in [0.4, 0.5) is 27.8 Å². The number of nitrogens with zero attached hydrogens (tertiary/aromatic N) is 5. The minimum absolute atomic E-state index is 0.0335. The molecule has 1 aromatic carbocycles. The predicted molar refractivity (Wildman–Crippen MR) is 93.7 cm³/mol. The molecule has 3 heterocycles. The lowest BCUT2D eigenvalue weighted by Gasteiger charge is -2.39. The van der Waals surface area contributed by atoms with Crippen molar-refractivity contribution in [2.45, 2.75) is 19.1 Å². The van der Waals surface area contributed by atoms with Crippen LogP contribution in [0, 0.1) is 5.82 Å². The molecule has 0 atom stereocenters. The van der Waals surface area contributed by atoms with Crippen molar-refractivity contribution in [3.63, 3.8) is 0 Å². The number of halogens is 5. The zero-order valence-electron chi connectivity index (χ0n) is 15.2. The summed E-state index contributed by atoms with van der Waals surface area (Å²) in [4.78, 5) is 5.60. The molecule has 0 radical (unpaired) electrons. The molecule has 0 spiro atoms. The molecule has 1 aliphatic rings. The maximum absolute atomic E-state index is 13.5. The fraction of sp³-hybridized carbons (Fsp3) is 0.278. The van der Waals surface area contributed by atoms with Crippen molar-refractivity contribution in [1.82, 2.24) is 20.0 Å². The highest BCUT2D eigenvalue weighted by molar-refractivity contribution is 5.44. The van der Waals surface area contributed by atoms with Crippen LogP contribution in [0.1, 0.15) is 5.69 Å². The second-order valence-electron chi connectivity index (χ2n) is 6.48. The van der Waals surface area contributed by atoms with E-state index in [-0.39, 0.29) is 18.2 Å². The molecule has 158 valence electrons. The standard InChI is InChI=1S/C18H14F5N5O2/c19-13-5-4-12(6-14(13)30-17(20)21)28-7-11(25-26-28)8-29-16-3-1-2-15(24-16)27-9-18(22,23)10-27/h1-7,17H,8-10H2. The van der Waals surface area contributed by atoms with Gasteiger partial charge in [0.15, 0.2) is 11.6 Å². The second kappa shape index (κ2) is 7.76. The number of hydrogen-bond donors (Lipinski definition) is 0. The van der Waals surface area contributed by atoms with Crippen LogP contribution in [0.25, 0.3) is 5.69 Å². The smallest absolute Gasteiger partial charge is 0.387 e. The van der Waals surface area contributed by atoms with E-state index in [1.54, 1.807) is 18.2 Å². The van der Waals surface area contributed by atoms with E-state index in [9.17, 15) is 22.0 Å². The molecule has 2 aromatic heterocycles. The van der Waals surface area contributed by atoms with Crippen molar-refractivity contribution >= 4 is 5.82 Å². The Morgan fingerprint density at radius 2 is 1.93 bits per heavy atom. The molecular formula is C18H14F5N5O2. The Morgan fingerprint density at radius 3 is 2.67 bits per heavy atom. The number of pyridine rings is 1. The summed E-state index contributed by atoms with van der Waals surface area (Å²) in [5.41, 5.74) is 0.628. The molecule has 0 aliphatic carbocycles. The molecular weight excluding hydrogens is 413 g/mol. The predicted octanol–water partition coefficient (Wildman–Crippen LogP) is 3.44. The maximum Gasteiger partial charge on any atom is 0.387 e. The van der Waals surface area contributed by atoms with Crippen LogP contribution in [-0.2, 0) is 6.61 Å². The molecule has 0 bridgehead atoms. The van der Waals surface area contributed by atoms with Gasteiger partial charge in [-0.25, -0.2) is 17.9 Å². The van der Waals surface area contributed by atoms with Gasteiger partial charge in [0, 0.05) is 12.1 Å². The number of benzene rings is 1. The van der Waals surface area contributed by atoms with Gasteiger partial charge in [-0.3, -0.25) is 0 Å². The van der Waals surface area contributed by atoms with Gasteiger partial charge in [0.05, 0.1) is 25.0 Å². The van der Waals surface area contributed by atoms with Crippen molar-refractivity contribution in [3.8, 4) is 17.3 Å². The first-order valence-electron chi connectivity index (χ1n) is 8.68. The van der Waals surface area contributed by atoms with E-state index in [2.05, 4.69) is 20.0 Å². The van der Waals surface area contributed by atoms with Gasteiger partial charge in [0.1, 0.15) is 18.1 Å². The van der Waals surface area contributed by atoms with Gasteiger partial charge in [0.25, 0.3) is 5.92 Å². The molecule has 0 saturated carbocycles. The first-order valence-corrected chi connectivity index (χ1v) is 8.68. The van der Waals surface area contributed by atoms with E-state index in [1.165, 1.54) is 21.8 Å². The Bertz CT molecular complexity index is 1040. The maximum atomic E-state index is 13.5. The van der Waals surface area contributed by atoms with Crippen LogP contribution >= 0.6 is 0 Å². The highest BCUT2D eigenvalue weighted by atomic mass is 19.3. The van der Waals surface area contributed by atoms with E-state index in [0.29, 0.717) is 11.5 Å². The second-order valence-corrected chi connectivity index (χ2v) is 6.48. The minimum Gasteiger partial charge on any atom is -0.471 e. The highest BCUT2D eigenvalue weighted by Gasteiger charge is 2.44. The Hall–Kier alpha value is -3.44. The van der Waals surface area contributed by atoms with Crippen molar-refractivity contribution in [1.29, 1.82) is 0 Å². The van der Waals surface area contributed by atoms with Gasteiger partial charge in [-0.2, -0.15) is 13.8 Å². The van der Waals surface area contributed by atoms with Crippen LogP contribution in [0.2, 0.25) is 0 Å². The molecule has 1 fully saturated rings. The normalized spacial score (nSPS) is 15.2. The Kier molecular flexibility index (Phi) is 5.14. The molecule has 1 saturated heterocycles. The Balaban J connectivity index is 1.41. The number of aromatic nitrogens is 4. The van der Waals surface area contributed by atoms with Crippen LogP contribution < -0.4 is 14.4 Å². The van der Waals surface area contributed by atoms with E-state index >= 15 is 0 Å². The van der Waals surface area contributed by atoms with E-state index in [1.807, 2.05) is 0 Å². The van der Waals surface area contributed by atoms with Crippen molar-refractivity contribution in [2.24, 2.45) is 0 Å². The monoisotopic (exact) mass is 427 g/mol. The van der Waals surface area contributed by atoms with Crippen molar-refractivity contribution < 1.29 is 31.4 Å². The molecule has 0 N–H and O–H groups in total. The third-order valence-corrected chi connectivity index (χ3v) is 4.18. The third kappa shape index (κ3) is 4.42. The zero-order valence-corrected chi connectivity index (χ0v) is 15.2. The quantitative estimate of drug-likeness (QED) is 0.539. The fourth-order valence-corrected chi connectivity index (χ4v) is 2.79. The first kappa shape index (κ1) is 19.9. The average molecular weight is 427 g/mol. The van der Waals surface area contributed by atoms with Gasteiger partial charge >= 0.3 is 6.61 Å². The summed E-state index contributed by atoms with van der Waals surface area (Å²) in [6, 6.07) is 8.16. The fourth-order valence-electron chi connectivity index (χ4n) is 2.79.